The predicted octanol–water partition coefficient (Wildman–Crippen LogP) is 3.20. The fraction of sp³-hybridized carbons (Fsp3) is 0.190. The second-order valence-electron chi connectivity index (χ2n) is 6.50. The van der Waals surface area contributed by atoms with Crippen molar-refractivity contribution in [3.8, 4) is 23.0 Å². The molecule has 4 aromatic rings. The summed E-state index contributed by atoms with van der Waals surface area (Å²) < 4.78 is 23.1. The first-order chi connectivity index (χ1) is 14.6. The Morgan fingerprint density at radius 3 is 2.50 bits per heavy atom. The van der Waals surface area contributed by atoms with Gasteiger partial charge in [-0.1, -0.05) is 5.16 Å². The Morgan fingerprint density at radius 1 is 1.13 bits per heavy atom. The van der Waals surface area contributed by atoms with Crippen LogP contribution in [-0.4, -0.2) is 34.8 Å². The molecule has 0 bridgehead atoms. The number of nitrogens with one attached hydrogen (secondary N) is 1. The summed E-state index contributed by atoms with van der Waals surface area (Å²) in [6.07, 6.45) is 4.99. The fourth-order valence-corrected chi connectivity index (χ4v) is 3.07. The van der Waals surface area contributed by atoms with Crippen molar-refractivity contribution in [2.45, 2.75) is 6.04 Å². The molecule has 0 saturated carbocycles. The van der Waals surface area contributed by atoms with E-state index < -0.39 is 11.9 Å². The number of hydrogen-bond donors (Lipinski definition) is 1. The average Bonchev–Trinajstić information content (AvgIpc) is 3.52. The number of furan rings is 1. The van der Waals surface area contributed by atoms with Gasteiger partial charge in [-0.2, -0.15) is 0 Å². The molecule has 4 rings (SSSR count). The summed E-state index contributed by atoms with van der Waals surface area (Å²) in [5.74, 6) is 2.25. The van der Waals surface area contributed by atoms with Crippen LogP contribution in [0.4, 0.5) is 0 Å². The third kappa shape index (κ3) is 3.77. The maximum Gasteiger partial charge on any atom is 0.274 e. The number of nitrogens with zero attached hydrogens (tertiary/aromatic N) is 3. The average molecular weight is 408 g/mol. The van der Waals surface area contributed by atoms with Gasteiger partial charge in [-0.3, -0.25) is 4.79 Å². The topological polar surface area (TPSA) is 105 Å². The van der Waals surface area contributed by atoms with Crippen LogP contribution < -0.4 is 14.8 Å². The maximum atomic E-state index is 13.0. The molecule has 0 aliphatic rings. The maximum absolute atomic E-state index is 13.0. The number of rotatable bonds is 7. The van der Waals surface area contributed by atoms with Gasteiger partial charge >= 0.3 is 0 Å². The van der Waals surface area contributed by atoms with Gasteiger partial charge in [0.25, 0.3) is 5.91 Å². The molecule has 1 atom stereocenters. The smallest absolute Gasteiger partial charge is 0.274 e. The highest BCUT2D eigenvalue weighted by atomic mass is 16.5. The first kappa shape index (κ1) is 19.3. The Morgan fingerprint density at radius 2 is 1.90 bits per heavy atom. The van der Waals surface area contributed by atoms with Crippen LogP contribution in [0.15, 0.2) is 64.0 Å². The summed E-state index contributed by atoms with van der Waals surface area (Å²) in [7, 11) is 4.99. The first-order valence-electron chi connectivity index (χ1n) is 9.10. The van der Waals surface area contributed by atoms with Gasteiger partial charge in [0.2, 0.25) is 5.76 Å². The molecule has 0 aliphatic heterocycles. The second kappa shape index (κ2) is 8.16. The van der Waals surface area contributed by atoms with Crippen LogP contribution in [0.3, 0.4) is 0 Å². The molecule has 9 heteroatoms. The lowest BCUT2D eigenvalue weighted by molar-refractivity contribution is 0.0932. The number of carbonyl (C=O) groups excluding carboxylic acids is 1. The standard InChI is InChI=1S/C21H20N4O5/c1-25-7-6-22-20(25)19(13-9-14(27-2)11-15(10-13)28-3)23-21(26)16-12-18(30-24-16)17-5-4-8-29-17/h4-12,19H,1-3H3,(H,23,26)/t19-/m1/s1. The second-order valence-corrected chi connectivity index (χ2v) is 6.50. The molecule has 0 unspecified atom stereocenters. The van der Waals surface area contributed by atoms with Crippen molar-refractivity contribution >= 4 is 5.91 Å². The highest BCUT2D eigenvalue weighted by Gasteiger charge is 2.25. The van der Waals surface area contributed by atoms with Crippen LogP contribution in [0, 0.1) is 0 Å². The van der Waals surface area contributed by atoms with Gasteiger partial charge in [0.15, 0.2) is 11.5 Å². The van der Waals surface area contributed by atoms with E-state index in [1.165, 1.54) is 12.3 Å². The van der Waals surface area contributed by atoms with Crippen LogP contribution in [0.5, 0.6) is 11.5 Å². The molecular weight excluding hydrogens is 388 g/mol. The Balaban J connectivity index is 1.68. The Hall–Kier alpha value is -4.01. The number of carbonyl (C=O) groups is 1. The predicted molar refractivity (Wildman–Crippen MR) is 106 cm³/mol. The first-order valence-corrected chi connectivity index (χ1v) is 9.10. The van der Waals surface area contributed by atoms with Crippen LogP contribution >= 0.6 is 0 Å². The molecule has 9 nitrogen and oxygen atoms in total. The van der Waals surface area contributed by atoms with E-state index in [0.717, 1.165) is 5.56 Å². The van der Waals surface area contributed by atoms with E-state index >= 15 is 0 Å². The van der Waals surface area contributed by atoms with Crippen LogP contribution in [-0.2, 0) is 7.05 Å². The van der Waals surface area contributed by atoms with E-state index in [-0.39, 0.29) is 5.69 Å². The van der Waals surface area contributed by atoms with Gasteiger partial charge in [0, 0.05) is 31.6 Å². The summed E-state index contributed by atoms with van der Waals surface area (Å²) in [5.41, 5.74) is 0.860. The van der Waals surface area contributed by atoms with Crippen molar-refractivity contribution < 1.29 is 23.2 Å². The Bertz CT molecular complexity index is 1120. The number of methoxy groups -OCH3 is 2. The number of amides is 1. The van der Waals surface area contributed by atoms with E-state index in [0.29, 0.717) is 28.8 Å². The molecule has 0 spiro atoms. The van der Waals surface area contributed by atoms with Crippen molar-refractivity contribution in [3.05, 3.63) is 72.1 Å². The molecule has 3 aromatic heterocycles. The zero-order chi connectivity index (χ0) is 21.1. The summed E-state index contributed by atoms with van der Waals surface area (Å²) in [6.45, 7) is 0. The van der Waals surface area contributed by atoms with Crippen molar-refractivity contribution in [3.63, 3.8) is 0 Å². The SMILES string of the molecule is COc1cc(OC)cc([C@@H](NC(=O)c2cc(-c3ccco3)on2)c2nccn2C)c1. The summed E-state index contributed by atoms with van der Waals surface area (Å²) in [6, 6.07) is 9.79. The normalized spacial score (nSPS) is 11.8. The van der Waals surface area contributed by atoms with Gasteiger partial charge in [-0.25, -0.2) is 4.98 Å². The molecule has 3 heterocycles. The molecule has 1 aromatic carbocycles. The third-order valence-electron chi connectivity index (χ3n) is 4.61. The highest BCUT2D eigenvalue weighted by molar-refractivity contribution is 5.93. The van der Waals surface area contributed by atoms with E-state index in [2.05, 4.69) is 15.5 Å². The summed E-state index contributed by atoms with van der Waals surface area (Å²) >= 11 is 0. The molecule has 0 saturated heterocycles. The molecule has 1 N–H and O–H groups in total. The number of hydrogen-bond acceptors (Lipinski definition) is 7. The van der Waals surface area contributed by atoms with Gasteiger partial charge in [-0.05, 0) is 29.8 Å². The Labute approximate surface area is 172 Å². The van der Waals surface area contributed by atoms with Crippen molar-refractivity contribution in [2.24, 2.45) is 7.05 Å². The van der Waals surface area contributed by atoms with Crippen LogP contribution in [0.1, 0.15) is 27.9 Å². The fourth-order valence-electron chi connectivity index (χ4n) is 3.07. The lowest BCUT2D eigenvalue weighted by Gasteiger charge is -2.20. The molecule has 1 amide bonds. The molecule has 0 radical (unpaired) electrons. The van der Waals surface area contributed by atoms with Gasteiger partial charge in [-0.15, -0.1) is 0 Å². The van der Waals surface area contributed by atoms with Gasteiger partial charge in [0.05, 0.1) is 20.5 Å². The van der Waals surface area contributed by atoms with E-state index in [4.69, 9.17) is 18.4 Å². The monoisotopic (exact) mass is 408 g/mol. The lowest BCUT2D eigenvalue weighted by atomic mass is 10.0. The number of imidazole rings is 1. The summed E-state index contributed by atoms with van der Waals surface area (Å²) in [4.78, 5) is 17.4. The molecule has 30 heavy (non-hydrogen) atoms. The van der Waals surface area contributed by atoms with E-state index in [9.17, 15) is 4.79 Å². The zero-order valence-corrected chi connectivity index (χ0v) is 16.7. The summed E-state index contributed by atoms with van der Waals surface area (Å²) in [5, 5.41) is 6.83. The number of aromatic nitrogens is 3. The molecular formula is C21H20N4O5. The largest absolute Gasteiger partial charge is 0.497 e. The highest BCUT2D eigenvalue weighted by Crippen LogP contribution is 2.30. The van der Waals surface area contributed by atoms with E-state index in [1.807, 2.05) is 23.7 Å². The van der Waals surface area contributed by atoms with Gasteiger partial charge in [0.1, 0.15) is 23.4 Å². The molecule has 0 fully saturated rings. The van der Waals surface area contributed by atoms with Crippen molar-refractivity contribution in [2.75, 3.05) is 14.2 Å². The minimum Gasteiger partial charge on any atom is -0.497 e. The zero-order valence-electron chi connectivity index (χ0n) is 16.7. The van der Waals surface area contributed by atoms with Crippen LogP contribution in [0.25, 0.3) is 11.5 Å². The number of ether oxygens (including phenoxy) is 2. The minimum absolute atomic E-state index is 0.121. The molecule has 154 valence electrons. The van der Waals surface area contributed by atoms with Crippen molar-refractivity contribution in [1.82, 2.24) is 20.0 Å². The van der Waals surface area contributed by atoms with Gasteiger partial charge < -0.3 is 28.3 Å². The van der Waals surface area contributed by atoms with E-state index in [1.54, 1.807) is 44.8 Å². The van der Waals surface area contributed by atoms with Crippen LogP contribution in [0.2, 0.25) is 0 Å². The minimum atomic E-state index is -0.578. The van der Waals surface area contributed by atoms with Crippen molar-refractivity contribution in [1.29, 1.82) is 0 Å². The number of aryl methyl sites for hydroxylation is 1. The Kier molecular flexibility index (Phi) is 5.25. The number of benzene rings is 1. The quantitative estimate of drug-likeness (QED) is 0.501. The lowest BCUT2D eigenvalue weighted by Crippen LogP contribution is -2.31. The third-order valence-corrected chi connectivity index (χ3v) is 4.61. The molecule has 0 aliphatic carbocycles.